The van der Waals surface area contributed by atoms with Gasteiger partial charge in [-0.1, -0.05) is 0 Å². The zero-order chi connectivity index (χ0) is 21.6. The second-order valence-electron chi connectivity index (χ2n) is 5.70. The van der Waals surface area contributed by atoms with Crippen molar-refractivity contribution in [2.75, 3.05) is 64.0 Å². The minimum Gasteiger partial charge on any atom is -0.373 e. The van der Waals surface area contributed by atoms with E-state index in [1.165, 1.54) is 0 Å². The van der Waals surface area contributed by atoms with Gasteiger partial charge in [-0.2, -0.15) is 0 Å². The fourth-order valence-corrected chi connectivity index (χ4v) is 9.73. The SMILES string of the molecule is CO[Si](OC)(OC)c1cc([Si](OC)(OC)OC)c(C)c([Si](OC)(OC)OC)c1. The summed E-state index contributed by atoms with van der Waals surface area (Å²) in [5.41, 5.74) is 0.824. The summed E-state index contributed by atoms with van der Waals surface area (Å²) < 4.78 is 51.4. The van der Waals surface area contributed by atoms with E-state index in [4.69, 9.17) is 39.8 Å². The van der Waals surface area contributed by atoms with Gasteiger partial charge < -0.3 is 39.8 Å². The Balaban J connectivity index is 4.03. The van der Waals surface area contributed by atoms with Gasteiger partial charge in [-0.3, -0.25) is 0 Å². The molecule has 0 fully saturated rings. The van der Waals surface area contributed by atoms with Crippen molar-refractivity contribution in [1.29, 1.82) is 0 Å². The van der Waals surface area contributed by atoms with Gasteiger partial charge in [-0.05, 0) is 24.6 Å². The molecule has 0 unspecified atom stereocenters. The third kappa shape index (κ3) is 4.19. The molecule has 0 aliphatic rings. The molecule has 0 radical (unpaired) electrons. The van der Waals surface area contributed by atoms with E-state index >= 15 is 0 Å². The van der Waals surface area contributed by atoms with Crippen molar-refractivity contribution in [3.05, 3.63) is 17.7 Å². The third-order valence-electron chi connectivity index (χ3n) is 4.84. The van der Waals surface area contributed by atoms with Crippen molar-refractivity contribution in [3.8, 4) is 0 Å². The fourth-order valence-electron chi connectivity index (χ4n) is 3.29. The van der Waals surface area contributed by atoms with Crippen LogP contribution >= 0.6 is 0 Å². The third-order valence-corrected chi connectivity index (χ3v) is 13.0. The van der Waals surface area contributed by atoms with E-state index in [0.717, 1.165) is 15.9 Å². The van der Waals surface area contributed by atoms with Crippen LogP contribution in [0.25, 0.3) is 0 Å². The Bertz CT molecular complexity index is 566. The Labute approximate surface area is 170 Å². The summed E-state index contributed by atoms with van der Waals surface area (Å²) in [4.78, 5) is 0. The van der Waals surface area contributed by atoms with E-state index in [1.54, 1.807) is 64.0 Å². The number of benzene rings is 1. The van der Waals surface area contributed by atoms with E-state index in [0.29, 0.717) is 5.19 Å². The summed E-state index contributed by atoms with van der Waals surface area (Å²) in [5.74, 6) is 0. The maximum absolute atomic E-state index is 5.72. The summed E-state index contributed by atoms with van der Waals surface area (Å²) >= 11 is 0. The van der Waals surface area contributed by atoms with Crippen LogP contribution in [0.5, 0.6) is 0 Å². The fraction of sp³-hybridized carbons (Fsp3) is 0.625. The van der Waals surface area contributed by atoms with Gasteiger partial charge in [0.05, 0.1) is 0 Å². The van der Waals surface area contributed by atoms with Gasteiger partial charge in [0.2, 0.25) is 0 Å². The number of rotatable bonds is 12. The van der Waals surface area contributed by atoms with E-state index in [9.17, 15) is 0 Å². The summed E-state index contributed by atoms with van der Waals surface area (Å²) in [6.45, 7) is 1.92. The minimum absolute atomic E-state index is 0.682. The lowest BCUT2D eigenvalue weighted by Gasteiger charge is -2.33. The summed E-state index contributed by atoms with van der Waals surface area (Å²) in [7, 11) is 4.26. The van der Waals surface area contributed by atoms with E-state index < -0.39 is 26.4 Å². The molecular formula is C16H32O9Si3. The molecule has 1 aromatic rings. The monoisotopic (exact) mass is 452 g/mol. The molecule has 0 saturated carbocycles. The topological polar surface area (TPSA) is 83.1 Å². The highest BCUT2D eigenvalue weighted by molar-refractivity contribution is 6.82. The normalized spacial score (nSPS) is 13.2. The average Bonchev–Trinajstić information content (AvgIpc) is 2.75. The van der Waals surface area contributed by atoms with Crippen LogP contribution in [-0.4, -0.2) is 90.4 Å². The highest BCUT2D eigenvalue weighted by Gasteiger charge is 2.51. The van der Waals surface area contributed by atoms with Crippen molar-refractivity contribution < 1.29 is 39.8 Å². The molecule has 1 aromatic carbocycles. The number of hydrogen-bond acceptors (Lipinski definition) is 9. The Morgan fingerprint density at radius 1 is 0.464 bits per heavy atom. The molecular weight excluding hydrogens is 420 g/mol. The van der Waals surface area contributed by atoms with Gasteiger partial charge in [-0.25, -0.2) is 0 Å². The smallest absolute Gasteiger partial charge is 0.373 e. The largest absolute Gasteiger partial charge is 0.536 e. The molecule has 1 rings (SSSR count). The van der Waals surface area contributed by atoms with E-state index in [1.807, 2.05) is 19.1 Å². The van der Waals surface area contributed by atoms with Crippen molar-refractivity contribution in [2.24, 2.45) is 0 Å². The summed E-state index contributed by atoms with van der Waals surface area (Å²) in [6, 6.07) is 3.76. The highest BCUT2D eigenvalue weighted by atomic mass is 28.4. The standard InChI is InChI=1S/C16H32O9Si3/c1-13-15(27(20-5,21-6)22-7)11-14(26(17-2,18-3)19-4)12-16(13)28(23-8,24-9)25-10/h11-12H,1-10H3. The van der Waals surface area contributed by atoms with Gasteiger partial charge in [0.25, 0.3) is 0 Å². The van der Waals surface area contributed by atoms with Crippen LogP contribution in [0.2, 0.25) is 0 Å². The van der Waals surface area contributed by atoms with Crippen LogP contribution in [-0.2, 0) is 39.8 Å². The second kappa shape index (κ2) is 10.5. The van der Waals surface area contributed by atoms with Gasteiger partial charge in [0, 0.05) is 79.5 Å². The molecule has 162 valence electrons. The molecule has 0 aromatic heterocycles. The molecule has 0 amide bonds. The van der Waals surface area contributed by atoms with Gasteiger partial charge >= 0.3 is 26.4 Å². The molecule has 0 heterocycles. The zero-order valence-electron chi connectivity index (χ0n) is 18.3. The molecule has 0 bridgehead atoms. The molecule has 0 spiro atoms. The lowest BCUT2D eigenvalue weighted by molar-refractivity contribution is 0.138. The Morgan fingerprint density at radius 2 is 0.714 bits per heavy atom. The van der Waals surface area contributed by atoms with Gasteiger partial charge in [-0.15, -0.1) is 0 Å². The van der Waals surface area contributed by atoms with E-state index in [2.05, 4.69) is 0 Å². The number of hydrogen-bond donors (Lipinski definition) is 0. The Morgan fingerprint density at radius 3 is 0.929 bits per heavy atom. The molecule has 0 aliphatic carbocycles. The molecule has 0 aliphatic heterocycles. The lowest BCUT2D eigenvalue weighted by atomic mass is 10.2. The zero-order valence-corrected chi connectivity index (χ0v) is 21.3. The summed E-state index contributed by atoms with van der Waals surface area (Å²) in [6.07, 6.45) is 0. The van der Waals surface area contributed by atoms with Crippen molar-refractivity contribution >= 4 is 42.0 Å². The lowest BCUT2D eigenvalue weighted by Crippen LogP contribution is -2.65. The van der Waals surface area contributed by atoms with Crippen LogP contribution in [0.4, 0.5) is 0 Å². The maximum atomic E-state index is 5.72. The highest BCUT2D eigenvalue weighted by Crippen LogP contribution is 2.16. The van der Waals surface area contributed by atoms with Gasteiger partial charge in [0.15, 0.2) is 0 Å². The molecule has 9 nitrogen and oxygen atoms in total. The minimum atomic E-state index is -3.22. The van der Waals surface area contributed by atoms with Crippen LogP contribution < -0.4 is 15.6 Å². The molecule has 0 saturated heterocycles. The van der Waals surface area contributed by atoms with Crippen LogP contribution in [0.15, 0.2) is 12.1 Å². The average molecular weight is 453 g/mol. The van der Waals surface area contributed by atoms with Crippen molar-refractivity contribution in [2.45, 2.75) is 6.92 Å². The first-order valence-corrected chi connectivity index (χ1v) is 13.6. The Hall–Kier alpha value is -0.489. The Kier molecular flexibility index (Phi) is 9.59. The predicted molar refractivity (Wildman–Crippen MR) is 110 cm³/mol. The first-order chi connectivity index (χ1) is 13.3. The predicted octanol–water partition coefficient (Wildman–Crippen LogP) is -0.750. The molecule has 12 heteroatoms. The van der Waals surface area contributed by atoms with Crippen LogP contribution in [0, 0.1) is 6.92 Å². The summed E-state index contributed by atoms with van der Waals surface area (Å²) in [5, 5.41) is 2.12. The molecule has 0 atom stereocenters. The van der Waals surface area contributed by atoms with Gasteiger partial charge in [0.1, 0.15) is 0 Å². The molecule has 28 heavy (non-hydrogen) atoms. The second-order valence-corrected chi connectivity index (χ2v) is 14.4. The van der Waals surface area contributed by atoms with Crippen molar-refractivity contribution in [1.82, 2.24) is 0 Å². The first kappa shape index (κ1) is 25.5. The maximum Gasteiger partial charge on any atom is 0.536 e. The molecule has 0 N–H and O–H groups in total. The first-order valence-electron chi connectivity index (χ1n) is 8.42. The van der Waals surface area contributed by atoms with Crippen LogP contribution in [0.1, 0.15) is 5.56 Å². The van der Waals surface area contributed by atoms with Crippen molar-refractivity contribution in [3.63, 3.8) is 0 Å². The quantitative estimate of drug-likeness (QED) is 0.380. The van der Waals surface area contributed by atoms with E-state index in [-0.39, 0.29) is 0 Å². The van der Waals surface area contributed by atoms with Crippen LogP contribution in [0.3, 0.4) is 0 Å².